The Hall–Kier alpha value is -1.12. The molecule has 25 heavy (non-hydrogen) atoms. The predicted molar refractivity (Wildman–Crippen MR) is 96.8 cm³/mol. The van der Waals surface area contributed by atoms with Crippen LogP contribution in [-0.4, -0.2) is 17.9 Å². The van der Waals surface area contributed by atoms with Crippen molar-refractivity contribution in [3.63, 3.8) is 0 Å². The molecular formula is C22H32O3. The van der Waals surface area contributed by atoms with Gasteiger partial charge in [-0.15, -0.1) is 0 Å². The molecule has 4 aliphatic rings. The average Bonchev–Trinajstić information content (AvgIpc) is 2.78. The number of allylic oxidation sites excluding steroid dienone is 1. The Morgan fingerprint density at radius 1 is 1.16 bits per heavy atom. The Balaban J connectivity index is 1.61. The SMILES string of the molecule is CC(=O)O[C@@H]1CC[C@@]2(C)C(=CC[C@@H]3[C@@H]2CC[C@]2(C)C(=O)[C@H](C)C[C@@H]32)C1. The topological polar surface area (TPSA) is 43.4 Å². The zero-order valence-corrected chi connectivity index (χ0v) is 16.1. The Kier molecular flexibility index (Phi) is 3.94. The van der Waals surface area contributed by atoms with Gasteiger partial charge in [0.15, 0.2) is 0 Å². The summed E-state index contributed by atoms with van der Waals surface area (Å²) in [5, 5.41) is 0. The highest BCUT2D eigenvalue weighted by atomic mass is 16.5. The molecular weight excluding hydrogens is 312 g/mol. The molecule has 0 N–H and O–H groups in total. The van der Waals surface area contributed by atoms with E-state index in [0.717, 1.165) is 38.5 Å². The first-order valence-corrected chi connectivity index (χ1v) is 10.2. The van der Waals surface area contributed by atoms with Crippen molar-refractivity contribution in [2.24, 2.45) is 34.5 Å². The molecule has 138 valence electrons. The lowest BCUT2D eigenvalue weighted by Crippen LogP contribution is -2.50. The van der Waals surface area contributed by atoms with Gasteiger partial charge in [-0.1, -0.05) is 32.4 Å². The first-order chi connectivity index (χ1) is 11.8. The van der Waals surface area contributed by atoms with Gasteiger partial charge in [0.05, 0.1) is 0 Å². The van der Waals surface area contributed by atoms with Gasteiger partial charge >= 0.3 is 5.97 Å². The fourth-order valence-electron chi connectivity index (χ4n) is 7.07. The van der Waals surface area contributed by atoms with E-state index < -0.39 is 0 Å². The van der Waals surface area contributed by atoms with E-state index >= 15 is 0 Å². The van der Waals surface area contributed by atoms with Crippen molar-refractivity contribution in [1.29, 1.82) is 0 Å². The lowest BCUT2D eigenvalue weighted by atomic mass is 9.48. The van der Waals surface area contributed by atoms with Crippen LogP contribution in [0.5, 0.6) is 0 Å². The van der Waals surface area contributed by atoms with Crippen molar-refractivity contribution < 1.29 is 14.3 Å². The highest BCUT2D eigenvalue weighted by Gasteiger charge is 2.60. The number of rotatable bonds is 1. The Morgan fingerprint density at radius 3 is 2.60 bits per heavy atom. The Bertz CT molecular complexity index is 635. The van der Waals surface area contributed by atoms with Crippen LogP contribution < -0.4 is 0 Å². The molecule has 4 rings (SSSR count). The van der Waals surface area contributed by atoms with Crippen LogP contribution in [0.2, 0.25) is 0 Å². The van der Waals surface area contributed by atoms with E-state index in [1.165, 1.54) is 18.9 Å². The molecule has 3 heteroatoms. The van der Waals surface area contributed by atoms with Crippen molar-refractivity contribution in [1.82, 2.24) is 0 Å². The zero-order chi connectivity index (χ0) is 18.0. The number of carbonyl (C=O) groups excluding carboxylic acids is 2. The van der Waals surface area contributed by atoms with Gasteiger partial charge in [-0.25, -0.2) is 0 Å². The van der Waals surface area contributed by atoms with Crippen LogP contribution in [0.1, 0.15) is 72.6 Å². The molecule has 3 saturated carbocycles. The van der Waals surface area contributed by atoms with E-state index in [0.29, 0.717) is 23.5 Å². The van der Waals surface area contributed by atoms with Gasteiger partial charge in [-0.05, 0) is 61.7 Å². The van der Waals surface area contributed by atoms with Crippen LogP contribution in [0.4, 0.5) is 0 Å². The van der Waals surface area contributed by atoms with Crippen LogP contribution in [0.15, 0.2) is 11.6 Å². The third kappa shape index (κ3) is 2.44. The minimum Gasteiger partial charge on any atom is -0.462 e. The summed E-state index contributed by atoms with van der Waals surface area (Å²) in [6.07, 6.45) is 9.98. The molecule has 0 unspecified atom stereocenters. The molecule has 3 fully saturated rings. The van der Waals surface area contributed by atoms with E-state index in [4.69, 9.17) is 4.74 Å². The number of ether oxygens (including phenoxy) is 1. The van der Waals surface area contributed by atoms with Gasteiger partial charge in [-0.2, -0.15) is 0 Å². The van der Waals surface area contributed by atoms with E-state index in [9.17, 15) is 9.59 Å². The predicted octanol–water partition coefficient (Wildman–Crippen LogP) is 4.70. The van der Waals surface area contributed by atoms with Crippen LogP contribution in [0.3, 0.4) is 0 Å². The molecule has 7 atom stereocenters. The molecule has 0 heterocycles. The quantitative estimate of drug-likeness (QED) is 0.512. The van der Waals surface area contributed by atoms with Crippen molar-refractivity contribution in [3.05, 3.63) is 11.6 Å². The summed E-state index contributed by atoms with van der Waals surface area (Å²) >= 11 is 0. The summed E-state index contributed by atoms with van der Waals surface area (Å²) in [6, 6.07) is 0. The van der Waals surface area contributed by atoms with Crippen LogP contribution in [-0.2, 0) is 14.3 Å². The molecule has 4 aliphatic carbocycles. The third-order valence-corrected chi connectivity index (χ3v) is 8.40. The van der Waals surface area contributed by atoms with E-state index in [-0.39, 0.29) is 28.8 Å². The summed E-state index contributed by atoms with van der Waals surface area (Å²) < 4.78 is 5.51. The number of esters is 1. The second kappa shape index (κ2) is 5.69. The van der Waals surface area contributed by atoms with Gasteiger partial charge in [0.25, 0.3) is 0 Å². The van der Waals surface area contributed by atoms with Crippen LogP contribution in [0.25, 0.3) is 0 Å². The zero-order valence-electron chi connectivity index (χ0n) is 16.1. The maximum absolute atomic E-state index is 12.8. The van der Waals surface area contributed by atoms with Crippen LogP contribution in [0, 0.1) is 34.5 Å². The van der Waals surface area contributed by atoms with Crippen molar-refractivity contribution >= 4 is 11.8 Å². The Morgan fingerprint density at radius 2 is 1.88 bits per heavy atom. The normalized spacial score (nSPS) is 48.9. The number of hydrogen-bond acceptors (Lipinski definition) is 3. The molecule has 0 aliphatic heterocycles. The summed E-state index contributed by atoms with van der Waals surface area (Å²) in [4.78, 5) is 24.1. The highest BCUT2D eigenvalue weighted by Crippen LogP contribution is 2.64. The summed E-state index contributed by atoms with van der Waals surface area (Å²) in [5.41, 5.74) is 1.69. The molecule has 0 aromatic carbocycles. The monoisotopic (exact) mass is 344 g/mol. The maximum atomic E-state index is 12.8. The molecule has 0 radical (unpaired) electrons. The highest BCUT2D eigenvalue weighted by molar-refractivity contribution is 5.89. The van der Waals surface area contributed by atoms with E-state index in [2.05, 4.69) is 26.8 Å². The van der Waals surface area contributed by atoms with Gasteiger partial charge in [0.1, 0.15) is 11.9 Å². The molecule has 3 nitrogen and oxygen atoms in total. The lowest BCUT2D eigenvalue weighted by molar-refractivity contribution is -0.148. The standard InChI is InChI=1S/C22H32O3/c1-13-11-19-17-6-5-15-12-16(25-14(2)23)7-9-21(15,3)18(17)8-10-22(19,4)20(13)24/h5,13,16-19H,6-12H2,1-4H3/t13-,16-,17-,18+,19+,21+,22+/m1/s1. The largest absolute Gasteiger partial charge is 0.462 e. The van der Waals surface area contributed by atoms with E-state index in [1.807, 2.05) is 0 Å². The summed E-state index contributed by atoms with van der Waals surface area (Å²) in [7, 11) is 0. The summed E-state index contributed by atoms with van der Waals surface area (Å²) in [5.74, 6) is 2.53. The second-order valence-electron chi connectivity index (χ2n) is 9.69. The number of hydrogen-bond donors (Lipinski definition) is 0. The molecule has 0 aromatic rings. The maximum Gasteiger partial charge on any atom is 0.302 e. The lowest BCUT2D eigenvalue weighted by Gasteiger charge is -2.56. The number of ketones is 1. The minimum absolute atomic E-state index is 0.0651. The average molecular weight is 344 g/mol. The van der Waals surface area contributed by atoms with Crippen molar-refractivity contribution in [3.8, 4) is 0 Å². The fraction of sp³-hybridized carbons (Fsp3) is 0.818. The molecule has 0 aromatic heterocycles. The van der Waals surface area contributed by atoms with Gasteiger partial charge in [0.2, 0.25) is 0 Å². The first kappa shape index (κ1) is 17.3. The number of carbonyl (C=O) groups is 2. The van der Waals surface area contributed by atoms with E-state index in [1.54, 1.807) is 0 Å². The van der Waals surface area contributed by atoms with Gasteiger partial charge in [-0.3, -0.25) is 9.59 Å². The molecule has 0 amide bonds. The second-order valence-corrected chi connectivity index (χ2v) is 9.69. The Labute approximate surface area is 151 Å². The smallest absolute Gasteiger partial charge is 0.302 e. The number of fused-ring (bicyclic) bond motifs is 5. The third-order valence-electron chi connectivity index (χ3n) is 8.40. The van der Waals surface area contributed by atoms with Gasteiger partial charge in [0, 0.05) is 24.7 Å². The molecule has 0 saturated heterocycles. The van der Waals surface area contributed by atoms with Gasteiger partial charge < -0.3 is 4.74 Å². The fourth-order valence-corrected chi connectivity index (χ4v) is 7.07. The summed E-state index contributed by atoms with van der Waals surface area (Å²) in [6.45, 7) is 8.34. The van der Waals surface area contributed by atoms with Crippen LogP contribution >= 0.6 is 0 Å². The number of Topliss-reactive ketones (excluding diaryl/α,β-unsaturated/α-hetero) is 1. The van der Waals surface area contributed by atoms with Crippen molar-refractivity contribution in [2.45, 2.75) is 78.7 Å². The molecule has 0 bridgehead atoms. The minimum atomic E-state index is -0.158. The van der Waals surface area contributed by atoms with Crippen molar-refractivity contribution in [2.75, 3.05) is 0 Å². The first-order valence-electron chi connectivity index (χ1n) is 10.2. The molecule has 0 spiro atoms.